The predicted molar refractivity (Wildman–Crippen MR) is 220 cm³/mol. The van der Waals surface area contributed by atoms with Crippen molar-refractivity contribution in [3.63, 3.8) is 0 Å². The Kier molecular flexibility index (Phi) is 39.4. The van der Waals surface area contributed by atoms with Gasteiger partial charge in [-0.05, 0) is 25.2 Å². The normalized spacial score (nSPS) is 11.9. The van der Waals surface area contributed by atoms with Gasteiger partial charge in [-0.15, -0.1) is 0 Å². The van der Waals surface area contributed by atoms with Crippen LogP contribution in [-0.2, 0) is 28.6 Å². The van der Waals surface area contributed by atoms with Gasteiger partial charge < -0.3 is 14.2 Å². The Hall–Kier alpha value is -1.59. The molecule has 0 saturated heterocycles. The lowest BCUT2D eigenvalue weighted by Crippen LogP contribution is -2.30. The lowest BCUT2D eigenvalue weighted by atomic mass is 10.0. The van der Waals surface area contributed by atoms with E-state index in [1.807, 2.05) is 0 Å². The number of carbonyl (C=O) groups is 3. The summed E-state index contributed by atoms with van der Waals surface area (Å²) in [5.74, 6) is -0.0758. The van der Waals surface area contributed by atoms with Gasteiger partial charge in [0.05, 0.1) is 0 Å². The van der Waals surface area contributed by atoms with Crippen LogP contribution in [0.2, 0.25) is 0 Å². The Bertz CT molecular complexity index is 781. The van der Waals surface area contributed by atoms with E-state index in [0.717, 1.165) is 63.7 Å². The second kappa shape index (κ2) is 40.6. The third-order valence-electron chi connectivity index (χ3n) is 10.3. The van der Waals surface area contributed by atoms with Crippen molar-refractivity contribution in [3.8, 4) is 0 Å². The summed E-state index contributed by atoms with van der Waals surface area (Å²) in [5, 5.41) is 0. The van der Waals surface area contributed by atoms with Crippen LogP contribution in [0.4, 0.5) is 0 Å². The standard InChI is InChI=1S/C46H88O6/c1-5-7-9-11-13-15-17-18-19-20-22-25-29-33-37-44(47)50-40-43(52-46(49)39-35-31-26-21-16-14-12-10-8-6-2)41-51-45(48)38-34-30-27-23-24-28-32-36-42(3)4/h42-43H,5-41H2,1-4H3/t43-/m0/s1. The fraction of sp³-hybridized carbons (Fsp3) is 0.935. The highest BCUT2D eigenvalue weighted by Gasteiger charge is 2.19. The van der Waals surface area contributed by atoms with Crippen LogP contribution in [0.1, 0.15) is 252 Å². The number of unbranched alkanes of at least 4 members (excludes halogenated alkanes) is 28. The van der Waals surface area contributed by atoms with Crippen LogP contribution < -0.4 is 0 Å². The van der Waals surface area contributed by atoms with Gasteiger partial charge in [-0.2, -0.15) is 0 Å². The molecular formula is C46H88O6. The van der Waals surface area contributed by atoms with E-state index in [9.17, 15) is 14.4 Å². The van der Waals surface area contributed by atoms with Crippen molar-refractivity contribution in [1.29, 1.82) is 0 Å². The van der Waals surface area contributed by atoms with E-state index in [1.165, 1.54) is 148 Å². The van der Waals surface area contributed by atoms with Crippen LogP contribution >= 0.6 is 0 Å². The van der Waals surface area contributed by atoms with Crippen LogP contribution in [-0.4, -0.2) is 37.2 Å². The van der Waals surface area contributed by atoms with Crippen molar-refractivity contribution in [2.75, 3.05) is 13.2 Å². The molecule has 0 N–H and O–H groups in total. The fourth-order valence-electron chi connectivity index (χ4n) is 6.80. The number of hydrogen-bond donors (Lipinski definition) is 0. The average Bonchev–Trinajstić information content (AvgIpc) is 3.12. The van der Waals surface area contributed by atoms with Gasteiger partial charge in [-0.1, -0.05) is 214 Å². The Labute approximate surface area is 323 Å². The van der Waals surface area contributed by atoms with Crippen LogP contribution in [0.25, 0.3) is 0 Å². The molecule has 0 saturated carbocycles. The smallest absolute Gasteiger partial charge is 0.306 e. The molecule has 0 aromatic carbocycles. The molecule has 0 unspecified atom stereocenters. The van der Waals surface area contributed by atoms with E-state index in [4.69, 9.17) is 14.2 Å². The van der Waals surface area contributed by atoms with Crippen LogP contribution in [0.5, 0.6) is 0 Å². The maximum atomic E-state index is 12.7. The largest absolute Gasteiger partial charge is 0.462 e. The molecule has 0 aliphatic rings. The Morgan fingerprint density at radius 3 is 0.942 bits per heavy atom. The predicted octanol–water partition coefficient (Wildman–Crippen LogP) is 14.3. The first kappa shape index (κ1) is 50.4. The first-order valence-electron chi connectivity index (χ1n) is 22.9. The topological polar surface area (TPSA) is 78.9 Å². The van der Waals surface area contributed by atoms with E-state index in [2.05, 4.69) is 27.7 Å². The van der Waals surface area contributed by atoms with E-state index in [1.54, 1.807) is 0 Å². The third-order valence-corrected chi connectivity index (χ3v) is 10.3. The van der Waals surface area contributed by atoms with E-state index in [0.29, 0.717) is 19.3 Å². The molecule has 0 amide bonds. The quantitative estimate of drug-likeness (QED) is 0.0353. The third kappa shape index (κ3) is 39.6. The molecule has 6 heteroatoms. The molecule has 308 valence electrons. The van der Waals surface area contributed by atoms with Crippen LogP contribution in [0.3, 0.4) is 0 Å². The first-order chi connectivity index (χ1) is 25.4. The molecule has 0 rings (SSSR count). The van der Waals surface area contributed by atoms with Gasteiger partial charge in [0.25, 0.3) is 0 Å². The molecule has 6 nitrogen and oxygen atoms in total. The second-order valence-corrected chi connectivity index (χ2v) is 16.2. The van der Waals surface area contributed by atoms with Gasteiger partial charge in [0.2, 0.25) is 0 Å². The minimum absolute atomic E-state index is 0.0642. The van der Waals surface area contributed by atoms with Crippen molar-refractivity contribution in [2.45, 2.75) is 259 Å². The molecule has 1 atom stereocenters. The zero-order valence-electron chi connectivity index (χ0n) is 35.3. The molecule has 0 heterocycles. The molecule has 0 fully saturated rings. The molecule has 0 aliphatic carbocycles. The fourth-order valence-corrected chi connectivity index (χ4v) is 6.80. The average molecular weight is 737 g/mol. The maximum absolute atomic E-state index is 12.7. The molecule has 0 aliphatic heterocycles. The lowest BCUT2D eigenvalue weighted by molar-refractivity contribution is -0.167. The first-order valence-corrected chi connectivity index (χ1v) is 22.9. The van der Waals surface area contributed by atoms with Crippen molar-refractivity contribution in [2.24, 2.45) is 5.92 Å². The molecule has 0 bridgehead atoms. The van der Waals surface area contributed by atoms with Crippen LogP contribution in [0.15, 0.2) is 0 Å². The summed E-state index contributed by atoms with van der Waals surface area (Å²) < 4.78 is 16.7. The van der Waals surface area contributed by atoms with Gasteiger partial charge in [-0.3, -0.25) is 14.4 Å². The van der Waals surface area contributed by atoms with Gasteiger partial charge >= 0.3 is 17.9 Å². The molecule has 0 aromatic rings. The van der Waals surface area contributed by atoms with E-state index in [-0.39, 0.29) is 31.1 Å². The summed E-state index contributed by atoms with van der Waals surface area (Å²) >= 11 is 0. The summed E-state index contributed by atoms with van der Waals surface area (Å²) in [7, 11) is 0. The summed E-state index contributed by atoms with van der Waals surface area (Å²) in [6, 6.07) is 0. The highest BCUT2D eigenvalue weighted by molar-refractivity contribution is 5.71. The zero-order chi connectivity index (χ0) is 38.2. The highest BCUT2D eigenvalue weighted by Crippen LogP contribution is 2.16. The number of rotatable bonds is 41. The lowest BCUT2D eigenvalue weighted by Gasteiger charge is -2.18. The number of esters is 3. The van der Waals surface area contributed by atoms with Gasteiger partial charge in [0, 0.05) is 19.3 Å². The van der Waals surface area contributed by atoms with Crippen molar-refractivity contribution >= 4 is 17.9 Å². The maximum Gasteiger partial charge on any atom is 0.306 e. The van der Waals surface area contributed by atoms with Gasteiger partial charge in [-0.25, -0.2) is 0 Å². The zero-order valence-corrected chi connectivity index (χ0v) is 35.3. The van der Waals surface area contributed by atoms with Gasteiger partial charge in [0.15, 0.2) is 6.10 Å². The molecule has 52 heavy (non-hydrogen) atoms. The second-order valence-electron chi connectivity index (χ2n) is 16.2. The number of ether oxygens (including phenoxy) is 3. The Morgan fingerprint density at radius 2 is 0.635 bits per heavy atom. The Balaban J connectivity index is 4.30. The van der Waals surface area contributed by atoms with Crippen LogP contribution in [0, 0.1) is 5.92 Å². The van der Waals surface area contributed by atoms with Crippen molar-refractivity contribution < 1.29 is 28.6 Å². The molecule has 0 spiro atoms. The highest BCUT2D eigenvalue weighted by atomic mass is 16.6. The summed E-state index contributed by atoms with van der Waals surface area (Å²) in [6.07, 6.45) is 39.5. The van der Waals surface area contributed by atoms with Crippen molar-refractivity contribution in [3.05, 3.63) is 0 Å². The SMILES string of the molecule is CCCCCCCCCCCCCCCCC(=O)OC[C@@H](COC(=O)CCCCCCCCCC(C)C)OC(=O)CCCCCCCCCCCC. The summed E-state index contributed by atoms with van der Waals surface area (Å²) in [4.78, 5) is 37.6. The monoisotopic (exact) mass is 737 g/mol. The number of carbonyl (C=O) groups excluding carboxylic acids is 3. The Morgan fingerprint density at radius 1 is 0.365 bits per heavy atom. The molecular weight excluding hydrogens is 648 g/mol. The number of hydrogen-bond acceptors (Lipinski definition) is 6. The molecule has 0 radical (unpaired) electrons. The molecule has 0 aromatic heterocycles. The van der Waals surface area contributed by atoms with Gasteiger partial charge in [0.1, 0.15) is 13.2 Å². The minimum atomic E-state index is -0.759. The summed E-state index contributed by atoms with van der Waals surface area (Å²) in [6.45, 7) is 8.94. The minimum Gasteiger partial charge on any atom is -0.462 e. The van der Waals surface area contributed by atoms with Crippen molar-refractivity contribution in [1.82, 2.24) is 0 Å². The summed E-state index contributed by atoms with van der Waals surface area (Å²) in [5.41, 5.74) is 0. The van der Waals surface area contributed by atoms with E-state index >= 15 is 0 Å². The van der Waals surface area contributed by atoms with E-state index < -0.39 is 6.10 Å².